The maximum Gasteiger partial charge on any atom is 0.0441 e. The van der Waals surface area contributed by atoms with E-state index in [4.69, 9.17) is 23.2 Å². The molecule has 0 fully saturated rings. The molecule has 0 aliphatic rings. The molecule has 0 saturated carbocycles. The van der Waals surface area contributed by atoms with Crippen LogP contribution in [0, 0.1) is 0 Å². The lowest BCUT2D eigenvalue weighted by atomic mass is 9.84. The maximum atomic E-state index is 5.99. The third kappa shape index (κ3) is 3.89. The van der Waals surface area contributed by atoms with Crippen LogP contribution in [0.15, 0.2) is 48.5 Å². The molecule has 0 aromatic heterocycles. The normalized spacial score (nSPS) is 11.4. The molecule has 2 aromatic rings. The van der Waals surface area contributed by atoms with Gasteiger partial charge in [0.25, 0.3) is 0 Å². The molecule has 19 heavy (non-hydrogen) atoms. The molecule has 2 rings (SSSR count). The second kappa shape index (κ2) is 5.85. The molecule has 1 nitrogen and oxygen atoms in total. The second-order valence-electron chi connectivity index (χ2n) is 5.26. The summed E-state index contributed by atoms with van der Waals surface area (Å²) in [5.41, 5.74) is 2.29. The monoisotopic (exact) mass is 293 g/mol. The van der Waals surface area contributed by atoms with Crippen molar-refractivity contribution in [1.29, 1.82) is 0 Å². The lowest BCUT2D eigenvalue weighted by Crippen LogP contribution is -2.27. The summed E-state index contributed by atoms with van der Waals surface area (Å²) in [6.07, 6.45) is 0. The van der Waals surface area contributed by atoms with Crippen molar-refractivity contribution in [3.8, 4) is 0 Å². The zero-order valence-corrected chi connectivity index (χ0v) is 12.6. The number of benzene rings is 2. The Morgan fingerprint density at radius 3 is 2.11 bits per heavy atom. The van der Waals surface area contributed by atoms with Crippen molar-refractivity contribution in [2.75, 3.05) is 11.9 Å². The van der Waals surface area contributed by atoms with Gasteiger partial charge in [-0.15, -0.1) is 0 Å². The largest absolute Gasteiger partial charge is 0.384 e. The summed E-state index contributed by atoms with van der Waals surface area (Å²) in [5, 5.41) is 4.69. The minimum absolute atomic E-state index is 0.0378. The first-order valence-electron chi connectivity index (χ1n) is 6.23. The predicted molar refractivity (Wildman–Crippen MR) is 84.4 cm³/mol. The van der Waals surface area contributed by atoms with Crippen molar-refractivity contribution in [2.24, 2.45) is 0 Å². The third-order valence-corrected chi connectivity index (χ3v) is 3.59. The van der Waals surface area contributed by atoms with Crippen LogP contribution < -0.4 is 5.32 Å². The van der Waals surface area contributed by atoms with Gasteiger partial charge in [-0.1, -0.05) is 67.4 Å². The number of nitrogens with one attached hydrogen (secondary N) is 1. The second-order valence-corrected chi connectivity index (χ2v) is 6.13. The summed E-state index contributed by atoms with van der Waals surface area (Å²) in [4.78, 5) is 0. The molecule has 1 N–H and O–H groups in total. The van der Waals surface area contributed by atoms with Gasteiger partial charge in [-0.2, -0.15) is 0 Å². The summed E-state index contributed by atoms with van der Waals surface area (Å²) in [5.74, 6) is 0. The summed E-state index contributed by atoms with van der Waals surface area (Å²) in [6, 6.07) is 15.9. The van der Waals surface area contributed by atoms with Crippen molar-refractivity contribution in [3.05, 3.63) is 64.1 Å². The lowest BCUT2D eigenvalue weighted by molar-refractivity contribution is 0.557. The van der Waals surface area contributed by atoms with Crippen molar-refractivity contribution in [1.82, 2.24) is 0 Å². The standard InChI is InChI=1S/C16H17Cl2N/c1-16(2,12-6-4-3-5-7-12)11-19-15-9-13(17)8-14(18)10-15/h3-10,19H,11H2,1-2H3. The van der Waals surface area contributed by atoms with E-state index in [0.717, 1.165) is 12.2 Å². The Kier molecular flexibility index (Phi) is 4.38. The first-order valence-corrected chi connectivity index (χ1v) is 6.98. The van der Waals surface area contributed by atoms with Gasteiger partial charge < -0.3 is 5.32 Å². The average Bonchev–Trinajstić information content (AvgIpc) is 2.37. The highest BCUT2D eigenvalue weighted by molar-refractivity contribution is 6.35. The van der Waals surface area contributed by atoms with Gasteiger partial charge in [-0.3, -0.25) is 0 Å². The Morgan fingerprint density at radius 2 is 1.53 bits per heavy atom. The van der Waals surface area contributed by atoms with Crippen LogP contribution in [0.1, 0.15) is 19.4 Å². The predicted octanol–water partition coefficient (Wildman–Crippen LogP) is 5.38. The SMILES string of the molecule is CC(C)(CNc1cc(Cl)cc(Cl)c1)c1ccccc1. The first-order chi connectivity index (χ1) is 8.97. The van der Waals surface area contributed by atoms with Crippen molar-refractivity contribution in [2.45, 2.75) is 19.3 Å². The van der Waals surface area contributed by atoms with Crippen molar-refractivity contribution < 1.29 is 0 Å². The first kappa shape index (κ1) is 14.2. The molecule has 0 atom stereocenters. The summed E-state index contributed by atoms with van der Waals surface area (Å²) in [7, 11) is 0. The number of rotatable bonds is 4. The van der Waals surface area contributed by atoms with Gasteiger partial charge in [0, 0.05) is 27.7 Å². The summed E-state index contributed by atoms with van der Waals surface area (Å²) in [6.45, 7) is 5.23. The molecule has 0 unspecified atom stereocenters. The van der Waals surface area contributed by atoms with Crippen LogP contribution in [0.2, 0.25) is 10.0 Å². The zero-order chi connectivity index (χ0) is 13.9. The van der Waals surface area contributed by atoms with E-state index >= 15 is 0 Å². The van der Waals surface area contributed by atoms with E-state index in [-0.39, 0.29) is 5.41 Å². The number of hydrogen-bond acceptors (Lipinski definition) is 1. The minimum Gasteiger partial charge on any atom is -0.384 e. The van der Waals surface area contributed by atoms with E-state index in [0.29, 0.717) is 10.0 Å². The van der Waals surface area contributed by atoms with Gasteiger partial charge in [0.1, 0.15) is 0 Å². The zero-order valence-electron chi connectivity index (χ0n) is 11.1. The molecule has 0 bridgehead atoms. The molecule has 2 aromatic carbocycles. The fraction of sp³-hybridized carbons (Fsp3) is 0.250. The highest BCUT2D eigenvalue weighted by Gasteiger charge is 2.19. The minimum atomic E-state index is 0.0378. The number of halogens is 2. The smallest absolute Gasteiger partial charge is 0.0441 e. The highest BCUT2D eigenvalue weighted by Crippen LogP contribution is 2.26. The summed E-state index contributed by atoms with van der Waals surface area (Å²) < 4.78 is 0. The molecule has 0 radical (unpaired) electrons. The van der Waals surface area contributed by atoms with Gasteiger partial charge in [-0.25, -0.2) is 0 Å². The fourth-order valence-corrected chi connectivity index (χ4v) is 2.50. The van der Waals surface area contributed by atoms with Crippen LogP contribution >= 0.6 is 23.2 Å². The van der Waals surface area contributed by atoms with Crippen LogP contribution in [0.25, 0.3) is 0 Å². The Labute approximate surface area is 124 Å². The Hall–Kier alpha value is -1.18. The maximum absolute atomic E-state index is 5.99. The van der Waals surface area contributed by atoms with E-state index in [1.807, 2.05) is 18.2 Å². The highest BCUT2D eigenvalue weighted by atomic mass is 35.5. The van der Waals surface area contributed by atoms with Crippen molar-refractivity contribution >= 4 is 28.9 Å². The van der Waals surface area contributed by atoms with E-state index < -0.39 is 0 Å². The molecule has 0 spiro atoms. The number of hydrogen-bond donors (Lipinski definition) is 1. The topological polar surface area (TPSA) is 12.0 Å². The van der Waals surface area contributed by atoms with Crippen LogP contribution in [-0.4, -0.2) is 6.54 Å². The fourth-order valence-electron chi connectivity index (χ4n) is 1.97. The van der Waals surface area contributed by atoms with Crippen LogP contribution in [0.5, 0.6) is 0 Å². The molecule has 0 aliphatic heterocycles. The molecule has 100 valence electrons. The number of anilines is 1. The lowest BCUT2D eigenvalue weighted by Gasteiger charge is -2.26. The Bertz CT molecular complexity index is 530. The van der Waals surface area contributed by atoms with Crippen LogP contribution in [0.4, 0.5) is 5.69 Å². The molecular weight excluding hydrogens is 277 g/mol. The van der Waals surface area contributed by atoms with Gasteiger partial charge in [0.05, 0.1) is 0 Å². The van der Waals surface area contributed by atoms with Crippen molar-refractivity contribution in [3.63, 3.8) is 0 Å². The van der Waals surface area contributed by atoms with E-state index in [9.17, 15) is 0 Å². The Morgan fingerprint density at radius 1 is 0.947 bits per heavy atom. The molecular formula is C16H17Cl2N. The van der Waals surface area contributed by atoms with Crippen LogP contribution in [0.3, 0.4) is 0 Å². The quantitative estimate of drug-likeness (QED) is 0.798. The van der Waals surface area contributed by atoms with Gasteiger partial charge in [-0.05, 0) is 23.8 Å². The average molecular weight is 294 g/mol. The van der Waals surface area contributed by atoms with Gasteiger partial charge in [0.2, 0.25) is 0 Å². The molecule has 0 aliphatic carbocycles. The molecule has 0 amide bonds. The third-order valence-electron chi connectivity index (χ3n) is 3.15. The molecule has 3 heteroatoms. The summed E-state index contributed by atoms with van der Waals surface area (Å²) >= 11 is 12.0. The van der Waals surface area contributed by atoms with E-state index in [1.54, 1.807) is 6.07 Å². The van der Waals surface area contributed by atoms with E-state index in [1.165, 1.54) is 5.56 Å². The molecule has 0 saturated heterocycles. The van der Waals surface area contributed by atoms with Gasteiger partial charge >= 0.3 is 0 Å². The van der Waals surface area contributed by atoms with Gasteiger partial charge in [0.15, 0.2) is 0 Å². The Balaban J connectivity index is 2.09. The van der Waals surface area contributed by atoms with E-state index in [2.05, 4.69) is 43.4 Å². The van der Waals surface area contributed by atoms with Crippen LogP contribution in [-0.2, 0) is 5.41 Å². The molecule has 0 heterocycles.